The molecule has 1 heterocycles. The van der Waals surface area contributed by atoms with Gasteiger partial charge in [-0.25, -0.2) is 9.37 Å². The van der Waals surface area contributed by atoms with Gasteiger partial charge in [-0.1, -0.05) is 6.07 Å². The molecule has 2 aromatic rings. The number of aryl methyl sites for hydroxylation is 1. The third-order valence-corrected chi connectivity index (χ3v) is 3.65. The standard InChI is InChI=1S/C14H15FN4S/c1-8-4-9(6-10(15)5-8)7-20-12-3-2-11(16)13(19-12)14(17)18/h2-6H,7,16H2,1H3,(H3,17,18). The van der Waals surface area contributed by atoms with Gasteiger partial charge in [-0.3, -0.25) is 5.41 Å². The summed E-state index contributed by atoms with van der Waals surface area (Å²) in [5.41, 5.74) is 13.5. The number of nitrogens with two attached hydrogens (primary N) is 2. The Hall–Kier alpha value is -2.08. The van der Waals surface area contributed by atoms with E-state index in [4.69, 9.17) is 16.9 Å². The van der Waals surface area contributed by atoms with Crippen molar-refractivity contribution in [1.82, 2.24) is 4.98 Å². The molecule has 0 aliphatic carbocycles. The lowest BCUT2D eigenvalue weighted by molar-refractivity contribution is 0.625. The fourth-order valence-electron chi connectivity index (χ4n) is 1.80. The van der Waals surface area contributed by atoms with E-state index in [1.54, 1.807) is 12.1 Å². The number of benzene rings is 1. The monoisotopic (exact) mass is 290 g/mol. The first kappa shape index (κ1) is 14.3. The summed E-state index contributed by atoms with van der Waals surface area (Å²) < 4.78 is 13.3. The van der Waals surface area contributed by atoms with Gasteiger partial charge in [0, 0.05) is 5.75 Å². The molecule has 20 heavy (non-hydrogen) atoms. The smallest absolute Gasteiger partial charge is 0.144 e. The van der Waals surface area contributed by atoms with Crippen molar-refractivity contribution < 1.29 is 4.39 Å². The number of nitrogen functional groups attached to an aromatic ring is 2. The molecule has 0 saturated heterocycles. The number of anilines is 1. The number of thioether (sulfide) groups is 1. The van der Waals surface area contributed by atoms with Crippen LogP contribution < -0.4 is 11.5 Å². The quantitative estimate of drug-likeness (QED) is 0.459. The van der Waals surface area contributed by atoms with Crippen LogP contribution in [0.5, 0.6) is 0 Å². The maximum Gasteiger partial charge on any atom is 0.144 e. The van der Waals surface area contributed by atoms with E-state index < -0.39 is 0 Å². The van der Waals surface area contributed by atoms with Crippen molar-refractivity contribution in [1.29, 1.82) is 5.41 Å². The molecule has 0 aliphatic rings. The maximum atomic E-state index is 13.3. The molecule has 0 amide bonds. The largest absolute Gasteiger partial charge is 0.397 e. The van der Waals surface area contributed by atoms with Crippen molar-refractivity contribution in [3.8, 4) is 0 Å². The third kappa shape index (κ3) is 3.48. The molecular weight excluding hydrogens is 275 g/mol. The number of halogens is 1. The van der Waals surface area contributed by atoms with Crippen molar-refractivity contribution >= 4 is 23.3 Å². The van der Waals surface area contributed by atoms with Gasteiger partial charge >= 0.3 is 0 Å². The molecular formula is C14H15FN4S. The first-order chi connectivity index (χ1) is 9.45. The summed E-state index contributed by atoms with van der Waals surface area (Å²) >= 11 is 1.45. The van der Waals surface area contributed by atoms with E-state index in [9.17, 15) is 4.39 Å². The van der Waals surface area contributed by atoms with Crippen molar-refractivity contribution in [3.63, 3.8) is 0 Å². The second-order valence-corrected chi connectivity index (χ2v) is 5.42. The van der Waals surface area contributed by atoms with Gasteiger partial charge in [0.15, 0.2) is 0 Å². The molecule has 0 fully saturated rings. The van der Waals surface area contributed by atoms with E-state index in [1.165, 1.54) is 23.9 Å². The fraction of sp³-hybridized carbons (Fsp3) is 0.143. The Morgan fingerprint density at radius 2 is 2.10 bits per heavy atom. The van der Waals surface area contributed by atoms with E-state index in [2.05, 4.69) is 4.98 Å². The lowest BCUT2D eigenvalue weighted by atomic mass is 10.1. The van der Waals surface area contributed by atoms with Crippen LogP contribution >= 0.6 is 11.8 Å². The first-order valence-electron chi connectivity index (χ1n) is 5.95. The van der Waals surface area contributed by atoms with Crippen LogP contribution in [0.25, 0.3) is 0 Å². The van der Waals surface area contributed by atoms with Crippen LogP contribution in [0.1, 0.15) is 16.8 Å². The zero-order valence-corrected chi connectivity index (χ0v) is 11.8. The summed E-state index contributed by atoms with van der Waals surface area (Å²) in [6.07, 6.45) is 0. The van der Waals surface area contributed by atoms with Crippen LogP contribution in [0.15, 0.2) is 35.4 Å². The number of aromatic nitrogens is 1. The van der Waals surface area contributed by atoms with Gasteiger partial charge in [0.2, 0.25) is 0 Å². The topological polar surface area (TPSA) is 88.8 Å². The highest BCUT2D eigenvalue weighted by Crippen LogP contribution is 2.24. The van der Waals surface area contributed by atoms with E-state index in [0.717, 1.165) is 11.1 Å². The van der Waals surface area contributed by atoms with Crippen molar-refractivity contribution in [2.24, 2.45) is 5.73 Å². The van der Waals surface area contributed by atoms with Crippen LogP contribution in [-0.2, 0) is 5.75 Å². The Morgan fingerprint density at radius 3 is 2.75 bits per heavy atom. The Bertz CT molecular complexity index is 637. The molecule has 104 valence electrons. The van der Waals surface area contributed by atoms with E-state index in [1.807, 2.05) is 13.0 Å². The Kier molecular flexibility index (Phi) is 4.24. The molecule has 0 unspecified atom stereocenters. The number of nitrogens with one attached hydrogen (secondary N) is 1. The molecule has 4 nitrogen and oxygen atoms in total. The molecule has 6 heteroatoms. The predicted molar refractivity (Wildman–Crippen MR) is 80.4 cm³/mol. The van der Waals surface area contributed by atoms with Gasteiger partial charge in [-0.2, -0.15) is 0 Å². The van der Waals surface area contributed by atoms with Crippen LogP contribution in [-0.4, -0.2) is 10.8 Å². The maximum absolute atomic E-state index is 13.3. The SMILES string of the molecule is Cc1cc(F)cc(CSc2ccc(N)c(C(=N)N)n2)c1. The van der Waals surface area contributed by atoms with Gasteiger partial charge < -0.3 is 11.5 Å². The molecule has 1 aromatic carbocycles. The van der Waals surface area contributed by atoms with E-state index in [0.29, 0.717) is 16.5 Å². The van der Waals surface area contributed by atoms with Gasteiger partial charge in [0.1, 0.15) is 17.3 Å². The Balaban J connectivity index is 2.14. The van der Waals surface area contributed by atoms with Crippen LogP contribution in [0.4, 0.5) is 10.1 Å². The van der Waals surface area contributed by atoms with Crippen LogP contribution in [0.3, 0.4) is 0 Å². The summed E-state index contributed by atoms with van der Waals surface area (Å²) in [6, 6.07) is 8.35. The molecule has 0 atom stereocenters. The average molecular weight is 290 g/mol. The van der Waals surface area contributed by atoms with Gasteiger partial charge in [0.25, 0.3) is 0 Å². The number of hydrogen-bond donors (Lipinski definition) is 3. The highest BCUT2D eigenvalue weighted by molar-refractivity contribution is 7.98. The first-order valence-corrected chi connectivity index (χ1v) is 6.94. The second-order valence-electron chi connectivity index (χ2n) is 4.43. The highest BCUT2D eigenvalue weighted by atomic mass is 32.2. The zero-order valence-electron chi connectivity index (χ0n) is 11.0. The van der Waals surface area contributed by atoms with Gasteiger partial charge in [-0.05, 0) is 42.3 Å². The molecule has 0 aliphatic heterocycles. The van der Waals surface area contributed by atoms with Crippen molar-refractivity contribution in [2.75, 3.05) is 5.73 Å². The van der Waals surface area contributed by atoms with E-state index >= 15 is 0 Å². The fourth-order valence-corrected chi connectivity index (χ4v) is 2.60. The summed E-state index contributed by atoms with van der Waals surface area (Å²) in [7, 11) is 0. The average Bonchev–Trinajstić information content (AvgIpc) is 2.36. The number of pyridine rings is 1. The Morgan fingerprint density at radius 1 is 1.35 bits per heavy atom. The minimum Gasteiger partial charge on any atom is -0.397 e. The number of hydrogen-bond acceptors (Lipinski definition) is 4. The van der Waals surface area contributed by atoms with Gasteiger partial charge in [-0.15, -0.1) is 11.8 Å². The van der Waals surface area contributed by atoms with Crippen LogP contribution in [0, 0.1) is 18.2 Å². The number of amidine groups is 1. The molecule has 2 rings (SSSR count). The predicted octanol–water partition coefficient (Wildman–Crippen LogP) is 2.69. The summed E-state index contributed by atoms with van der Waals surface area (Å²) in [5, 5.41) is 8.10. The molecule has 0 saturated carbocycles. The van der Waals surface area contributed by atoms with Crippen LogP contribution in [0.2, 0.25) is 0 Å². The molecule has 1 aromatic heterocycles. The second kappa shape index (κ2) is 5.92. The molecule has 0 bridgehead atoms. The number of nitrogens with zero attached hydrogens (tertiary/aromatic N) is 1. The summed E-state index contributed by atoms with van der Waals surface area (Å²) in [6.45, 7) is 1.85. The normalized spacial score (nSPS) is 10.5. The Labute approximate surface area is 120 Å². The molecule has 0 radical (unpaired) electrons. The van der Waals surface area contributed by atoms with Crippen molar-refractivity contribution in [3.05, 3.63) is 53.0 Å². The van der Waals surface area contributed by atoms with E-state index in [-0.39, 0.29) is 17.3 Å². The van der Waals surface area contributed by atoms with Crippen molar-refractivity contribution in [2.45, 2.75) is 17.7 Å². The third-order valence-electron chi connectivity index (χ3n) is 2.64. The van der Waals surface area contributed by atoms with Gasteiger partial charge in [0.05, 0.1) is 10.7 Å². The minimum atomic E-state index is -0.240. The highest BCUT2D eigenvalue weighted by Gasteiger charge is 2.07. The summed E-state index contributed by atoms with van der Waals surface area (Å²) in [4.78, 5) is 4.23. The lowest BCUT2D eigenvalue weighted by Gasteiger charge is -2.07. The minimum absolute atomic E-state index is 0.161. The molecule has 5 N–H and O–H groups in total. The summed E-state index contributed by atoms with van der Waals surface area (Å²) in [5.74, 6) is 0.189. The lowest BCUT2D eigenvalue weighted by Crippen LogP contribution is -2.15. The molecule has 0 spiro atoms. The zero-order chi connectivity index (χ0) is 14.7. The number of rotatable bonds is 4.